The third-order valence-electron chi connectivity index (χ3n) is 3.11. The van der Waals surface area contributed by atoms with Crippen LogP contribution in [0.15, 0.2) is 34.3 Å². The molecule has 2 rings (SSSR count). The number of hydrogen-bond donors (Lipinski definition) is 1. The summed E-state index contributed by atoms with van der Waals surface area (Å²) in [5.74, 6) is -0.909. The molecule has 1 aromatic rings. The Bertz CT molecular complexity index is 660. The van der Waals surface area contributed by atoms with E-state index in [0.29, 0.717) is 12.8 Å². The molecule has 0 bridgehead atoms. The molecule has 0 saturated heterocycles. The monoisotopic (exact) mass is 313 g/mol. The summed E-state index contributed by atoms with van der Waals surface area (Å²) in [4.78, 5) is 11.5. The minimum atomic E-state index is -4.26. The van der Waals surface area contributed by atoms with Gasteiger partial charge in [-0.15, -0.1) is 0 Å². The van der Waals surface area contributed by atoms with Gasteiger partial charge in [0.2, 0.25) is 0 Å². The van der Waals surface area contributed by atoms with Gasteiger partial charge < -0.3 is 0 Å². The van der Waals surface area contributed by atoms with E-state index in [9.17, 15) is 17.6 Å². The van der Waals surface area contributed by atoms with Crippen molar-refractivity contribution in [3.8, 4) is 0 Å². The van der Waals surface area contributed by atoms with Crippen molar-refractivity contribution in [2.45, 2.75) is 37.1 Å². The molecule has 8 heteroatoms. The smallest absolute Gasteiger partial charge is 0.246 e. The Morgan fingerprint density at radius 2 is 2.19 bits per heavy atom. The van der Waals surface area contributed by atoms with Crippen LogP contribution in [0.2, 0.25) is 0 Å². The molecule has 0 saturated carbocycles. The average Bonchev–Trinajstić information content (AvgIpc) is 2.87. The SMILES string of the molecule is CCCC1CC=NN1C(=O)NS(=O)(=O)c1ccccc1F. The van der Waals surface area contributed by atoms with Crippen molar-refractivity contribution in [3.63, 3.8) is 0 Å². The molecule has 1 aliphatic rings. The molecule has 1 aliphatic heterocycles. The van der Waals surface area contributed by atoms with E-state index >= 15 is 0 Å². The van der Waals surface area contributed by atoms with Crippen molar-refractivity contribution in [1.82, 2.24) is 9.73 Å². The summed E-state index contributed by atoms with van der Waals surface area (Å²) < 4.78 is 39.5. The summed E-state index contributed by atoms with van der Waals surface area (Å²) >= 11 is 0. The van der Waals surface area contributed by atoms with Crippen molar-refractivity contribution in [2.24, 2.45) is 5.10 Å². The zero-order valence-corrected chi connectivity index (χ0v) is 12.3. The van der Waals surface area contributed by atoms with E-state index in [0.717, 1.165) is 23.6 Å². The molecule has 1 atom stereocenters. The van der Waals surface area contributed by atoms with Crippen molar-refractivity contribution in [3.05, 3.63) is 30.1 Å². The van der Waals surface area contributed by atoms with Crippen molar-refractivity contribution in [2.75, 3.05) is 0 Å². The first kappa shape index (κ1) is 15.4. The molecule has 1 unspecified atom stereocenters. The lowest BCUT2D eigenvalue weighted by atomic mass is 10.1. The molecule has 6 nitrogen and oxygen atoms in total. The first-order valence-electron chi connectivity index (χ1n) is 6.58. The van der Waals surface area contributed by atoms with Gasteiger partial charge >= 0.3 is 6.03 Å². The minimum absolute atomic E-state index is 0.161. The van der Waals surface area contributed by atoms with Gasteiger partial charge in [0.1, 0.15) is 10.7 Å². The molecule has 1 aromatic carbocycles. The van der Waals surface area contributed by atoms with Crippen LogP contribution in [0, 0.1) is 5.82 Å². The summed E-state index contributed by atoms with van der Waals surface area (Å²) in [6, 6.07) is 3.85. The number of sulfonamides is 1. The predicted octanol–water partition coefficient (Wildman–Crippen LogP) is 2.08. The normalized spacial score (nSPS) is 18.0. The van der Waals surface area contributed by atoms with Gasteiger partial charge in [-0.1, -0.05) is 25.5 Å². The number of halogens is 1. The lowest BCUT2D eigenvalue weighted by Crippen LogP contribution is -2.43. The number of urea groups is 1. The zero-order chi connectivity index (χ0) is 15.5. The van der Waals surface area contributed by atoms with Crippen LogP contribution in [0.3, 0.4) is 0 Å². The minimum Gasteiger partial charge on any atom is -0.246 e. The van der Waals surface area contributed by atoms with Crippen LogP contribution >= 0.6 is 0 Å². The zero-order valence-electron chi connectivity index (χ0n) is 11.5. The Balaban J connectivity index is 2.15. The molecule has 21 heavy (non-hydrogen) atoms. The van der Waals surface area contributed by atoms with Gasteiger partial charge in [-0.2, -0.15) is 5.10 Å². The van der Waals surface area contributed by atoms with Crippen molar-refractivity contribution in [1.29, 1.82) is 0 Å². The number of nitrogens with one attached hydrogen (secondary N) is 1. The fourth-order valence-corrected chi connectivity index (χ4v) is 3.14. The second kappa shape index (κ2) is 6.21. The fraction of sp³-hybridized carbons (Fsp3) is 0.385. The van der Waals surface area contributed by atoms with Crippen LogP contribution in [0.25, 0.3) is 0 Å². The predicted molar refractivity (Wildman–Crippen MR) is 75.8 cm³/mol. The maximum absolute atomic E-state index is 13.5. The molecule has 1 heterocycles. The Labute approximate surface area is 122 Å². The average molecular weight is 313 g/mol. The first-order chi connectivity index (χ1) is 9.95. The van der Waals surface area contributed by atoms with Gasteiger partial charge in [0.25, 0.3) is 10.0 Å². The molecule has 2 amide bonds. The molecule has 0 spiro atoms. The summed E-state index contributed by atoms with van der Waals surface area (Å²) in [5, 5.41) is 4.97. The third kappa shape index (κ3) is 3.38. The fourth-order valence-electron chi connectivity index (χ4n) is 2.12. The lowest BCUT2D eigenvalue weighted by Gasteiger charge is -2.21. The van der Waals surface area contributed by atoms with E-state index < -0.39 is 26.8 Å². The van der Waals surface area contributed by atoms with Crippen LogP contribution in [-0.2, 0) is 10.0 Å². The summed E-state index contributed by atoms with van der Waals surface area (Å²) in [5.41, 5.74) is 0. The Hall–Kier alpha value is -1.96. The second-order valence-corrected chi connectivity index (χ2v) is 6.31. The van der Waals surface area contributed by atoms with Crippen LogP contribution in [0.4, 0.5) is 9.18 Å². The largest absolute Gasteiger partial charge is 0.351 e. The molecule has 0 radical (unpaired) electrons. The van der Waals surface area contributed by atoms with E-state index in [1.807, 2.05) is 11.6 Å². The molecular formula is C13H16FN3O3S. The van der Waals surface area contributed by atoms with Gasteiger partial charge in [0.05, 0.1) is 6.04 Å². The number of benzene rings is 1. The van der Waals surface area contributed by atoms with Crippen LogP contribution in [-0.4, -0.2) is 31.7 Å². The highest BCUT2D eigenvalue weighted by Gasteiger charge is 2.30. The highest BCUT2D eigenvalue weighted by atomic mass is 32.2. The van der Waals surface area contributed by atoms with E-state index in [1.54, 1.807) is 6.21 Å². The molecule has 0 aromatic heterocycles. The van der Waals surface area contributed by atoms with Gasteiger partial charge in [0, 0.05) is 12.6 Å². The maximum atomic E-state index is 13.5. The number of amides is 2. The molecule has 114 valence electrons. The summed E-state index contributed by atoms with van der Waals surface area (Å²) in [6.07, 6.45) is 3.71. The van der Waals surface area contributed by atoms with Crippen LogP contribution in [0.1, 0.15) is 26.2 Å². The van der Waals surface area contributed by atoms with E-state index in [1.165, 1.54) is 12.1 Å². The quantitative estimate of drug-likeness (QED) is 0.924. The highest BCUT2D eigenvalue weighted by molar-refractivity contribution is 7.90. The third-order valence-corrected chi connectivity index (χ3v) is 4.46. The van der Waals surface area contributed by atoms with E-state index in [2.05, 4.69) is 5.10 Å². The number of carbonyl (C=O) groups excluding carboxylic acids is 1. The summed E-state index contributed by atoms with van der Waals surface area (Å²) in [6.45, 7) is 1.96. The van der Waals surface area contributed by atoms with E-state index in [-0.39, 0.29) is 6.04 Å². The van der Waals surface area contributed by atoms with Crippen molar-refractivity contribution >= 4 is 22.3 Å². The Kier molecular flexibility index (Phi) is 4.56. The van der Waals surface area contributed by atoms with Crippen molar-refractivity contribution < 1.29 is 17.6 Å². The molecule has 0 fully saturated rings. The maximum Gasteiger partial charge on any atom is 0.351 e. The topological polar surface area (TPSA) is 78.8 Å². The molecular weight excluding hydrogens is 297 g/mol. The molecule has 1 N–H and O–H groups in total. The van der Waals surface area contributed by atoms with E-state index in [4.69, 9.17) is 0 Å². The standard InChI is InChI=1S/C13H16FN3O3S/c1-2-5-10-8-9-15-17(10)13(18)16-21(19,20)12-7-4-3-6-11(12)14/h3-4,6-7,9-10H,2,5,8H2,1H3,(H,16,18). The Morgan fingerprint density at radius 3 is 2.86 bits per heavy atom. The lowest BCUT2D eigenvalue weighted by molar-refractivity contribution is 0.188. The second-order valence-electron chi connectivity index (χ2n) is 4.66. The molecule has 0 aliphatic carbocycles. The summed E-state index contributed by atoms with van der Waals surface area (Å²) in [7, 11) is -4.26. The van der Waals surface area contributed by atoms with Crippen LogP contribution < -0.4 is 4.72 Å². The Morgan fingerprint density at radius 1 is 1.48 bits per heavy atom. The van der Waals surface area contributed by atoms with Gasteiger partial charge in [-0.25, -0.2) is 27.3 Å². The number of nitrogens with zero attached hydrogens (tertiary/aromatic N) is 2. The number of rotatable bonds is 4. The number of hydrogen-bond acceptors (Lipinski definition) is 4. The van der Waals surface area contributed by atoms with Gasteiger partial charge in [0.15, 0.2) is 0 Å². The van der Waals surface area contributed by atoms with Gasteiger partial charge in [-0.05, 0) is 18.6 Å². The van der Waals surface area contributed by atoms with Gasteiger partial charge in [-0.3, -0.25) is 0 Å². The number of carbonyl (C=O) groups is 1. The van der Waals surface area contributed by atoms with Crippen LogP contribution in [0.5, 0.6) is 0 Å². The number of hydrazone groups is 1. The highest BCUT2D eigenvalue weighted by Crippen LogP contribution is 2.18. The first-order valence-corrected chi connectivity index (χ1v) is 8.07.